The molecule has 0 aromatic heterocycles. The number of hydrogen-bond donors (Lipinski definition) is 0. The summed E-state index contributed by atoms with van der Waals surface area (Å²) < 4.78 is 0. The van der Waals surface area contributed by atoms with E-state index in [2.05, 4.69) is 6.58 Å². The summed E-state index contributed by atoms with van der Waals surface area (Å²) in [6, 6.07) is 5.68. The van der Waals surface area contributed by atoms with Crippen LogP contribution in [-0.2, 0) is 6.42 Å². The second-order valence-corrected chi connectivity index (χ2v) is 3.91. The number of hydrogen-bond acceptors (Lipinski definition) is 1. The predicted molar refractivity (Wildman–Crippen MR) is 57.9 cm³/mol. The molecule has 0 N–H and O–H groups in total. The van der Waals surface area contributed by atoms with E-state index in [1.807, 2.05) is 18.2 Å². The van der Waals surface area contributed by atoms with Gasteiger partial charge in [-0.25, -0.2) is 0 Å². The molecule has 1 aromatic rings. The summed E-state index contributed by atoms with van der Waals surface area (Å²) in [4.78, 5) is 10.9. The van der Waals surface area contributed by atoms with Crippen LogP contribution in [0.2, 0.25) is 0 Å². The van der Waals surface area contributed by atoms with Gasteiger partial charge in [0.05, 0.1) is 0 Å². The third-order valence-corrected chi connectivity index (χ3v) is 3.00. The molecule has 0 amide bonds. The molecule has 1 aliphatic carbocycles. The molecule has 0 heterocycles. The van der Waals surface area contributed by atoms with Crippen molar-refractivity contribution in [3.8, 4) is 0 Å². The molecule has 2 rings (SSSR count). The van der Waals surface area contributed by atoms with E-state index >= 15 is 0 Å². The molecular weight excluding hydrogens is 196 g/mol. The number of rotatable bonds is 2. The Morgan fingerprint density at radius 3 is 3.00 bits per heavy atom. The zero-order valence-corrected chi connectivity index (χ0v) is 8.55. The highest BCUT2D eigenvalue weighted by atomic mass is 35.5. The van der Waals surface area contributed by atoms with E-state index in [0.717, 1.165) is 12.8 Å². The van der Waals surface area contributed by atoms with Crippen molar-refractivity contribution >= 4 is 16.8 Å². The van der Waals surface area contributed by atoms with Gasteiger partial charge in [0.1, 0.15) is 0 Å². The van der Waals surface area contributed by atoms with E-state index in [9.17, 15) is 4.79 Å². The van der Waals surface area contributed by atoms with Crippen molar-refractivity contribution < 1.29 is 4.79 Å². The number of carbonyl (C=O) groups excluding carboxylic acids is 1. The van der Waals surface area contributed by atoms with Crippen LogP contribution in [0.5, 0.6) is 0 Å². The van der Waals surface area contributed by atoms with Gasteiger partial charge >= 0.3 is 0 Å². The van der Waals surface area contributed by atoms with Gasteiger partial charge in [-0.05, 0) is 47.7 Å². The van der Waals surface area contributed by atoms with Crippen LogP contribution >= 0.6 is 11.6 Å². The number of benzene rings is 1. The Morgan fingerprint density at radius 1 is 1.57 bits per heavy atom. The van der Waals surface area contributed by atoms with Gasteiger partial charge in [0.15, 0.2) is 0 Å². The zero-order chi connectivity index (χ0) is 10.1. The molecule has 0 saturated heterocycles. The van der Waals surface area contributed by atoms with Crippen molar-refractivity contribution in [2.24, 2.45) is 0 Å². The zero-order valence-electron chi connectivity index (χ0n) is 7.79. The fourth-order valence-corrected chi connectivity index (χ4v) is 2.14. The standard InChI is InChI=1S/C12H11ClO/c1-2-8-3-4-9-7-10(12(13)14)5-6-11(8)9/h2,5-8H,1,3-4H2. The third-order valence-electron chi connectivity index (χ3n) is 2.78. The second-order valence-electron chi connectivity index (χ2n) is 3.57. The summed E-state index contributed by atoms with van der Waals surface area (Å²) in [6.45, 7) is 3.81. The average molecular weight is 207 g/mol. The summed E-state index contributed by atoms with van der Waals surface area (Å²) in [5.41, 5.74) is 3.12. The number of carbonyl (C=O) groups is 1. The smallest absolute Gasteiger partial charge is 0.252 e. The highest BCUT2D eigenvalue weighted by Crippen LogP contribution is 2.34. The van der Waals surface area contributed by atoms with Crippen LogP contribution in [0, 0.1) is 0 Å². The first-order valence-electron chi connectivity index (χ1n) is 4.67. The topological polar surface area (TPSA) is 17.1 Å². The van der Waals surface area contributed by atoms with E-state index in [-0.39, 0.29) is 5.24 Å². The summed E-state index contributed by atoms with van der Waals surface area (Å²) in [5.74, 6) is 0.449. The molecule has 0 spiro atoms. The Balaban J connectivity index is 2.43. The molecule has 72 valence electrons. The van der Waals surface area contributed by atoms with Crippen molar-refractivity contribution in [2.45, 2.75) is 18.8 Å². The Bertz CT molecular complexity index is 395. The highest BCUT2D eigenvalue weighted by molar-refractivity contribution is 6.67. The normalized spacial score (nSPS) is 19.1. The monoisotopic (exact) mass is 206 g/mol. The van der Waals surface area contributed by atoms with E-state index in [1.165, 1.54) is 11.1 Å². The largest absolute Gasteiger partial charge is 0.276 e. The van der Waals surface area contributed by atoms with E-state index in [0.29, 0.717) is 11.5 Å². The Hall–Kier alpha value is -1.08. The Kier molecular flexibility index (Phi) is 2.42. The van der Waals surface area contributed by atoms with Gasteiger partial charge in [0.25, 0.3) is 5.24 Å². The van der Waals surface area contributed by atoms with Crippen LogP contribution in [-0.4, -0.2) is 5.24 Å². The lowest BCUT2D eigenvalue weighted by Gasteiger charge is -2.05. The highest BCUT2D eigenvalue weighted by Gasteiger charge is 2.20. The summed E-state index contributed by atoms with van der Waals surface area (Å²) in [7, 11) is 0. The van der Waals surface area contributed by atoms with Gasteiger partial charge in [-0.3, -0.25) is 4.79 Å². The van der Waals surface area contributed by atoms with Crippen LogP contribution in [0.25, 0.3) is 0 Å². The molecule has 0 fully saturated rings. The molecular formula is C12H11ClO. The third kappa shape index (κ3) is 1.48. The fourth-order valence-electron chi connectivity index (χ4n) is 2.02. The summed E-state index contributed by atoms with van der Waals surface area (Å²) in [5, 5.41) is -0.380. The van der Waals surface area contributed by atoms with Crippen molar-refractivity contribution in [3.05, 3.63) is 47.5 Å². The number of allylic oxidation sites excluding steroid dienone is 1. The molecule has 0 bridgehead atoms. The predicted octanol–water partition coefficient (Wildman–Crippen LogP) is 3.28. The van der Waals surface area contributed by atoms with Gasteiger partial charge in [0.2, 0.25) is 0 Å². The lowest BCUT2D eigenvalue weighted by atomic mass is 10.0. The molecule has 1 unspecified atom stereocenters. The molecule has 0 aliphatic heterocycles. The first-order chi connectivity index (χ1) is 6.72. The Labute approximate surface area is 88.4 Å². The minimum absolute atomic E-state index is 0.380. The molecule has 0 radical (unpaired) electrons. The lowest BCUT2D eigenvalue weighted by molar-refractivity contribution is 0.108. The molecule has 2 heteroatoms. The fraction of sp³-hybridized carbons (Fsp3) is 0.250. The van der Waals surface area contributed by atoms with Crippen LogP contribution < -0.4 is 0 Å². The molecule has 1 atom stereocenters. The van der Waals surface area contributed by atoms with E-state index in [4.69, 9.17) is 11.6 Å². The summed E-state index contributed by atoms with van der Waals surface area (Å²) >= 11 is 5.42. The molecule has 1 nitrogen and oxygen atoms in total. The first-order valence-corrected chi connectivity index (χ1v) is 5.05. The number of halogens is 1. The second kappa shape index (κ2) is 3.58. The van der Waals surface area contributed by atoms with Crippen LogP contribution in [0.1, 0.15) is 33.8 Å². The molecule has 0 saturated carbocycles. The quantitative estimate of drug-likeness (QED) is 0.536. The molecule has 14 heavy (non-hydrogen) atoms. The number of aryl methyl sites for hydroxylation is 1. The van der Waals surface area contributed by atoms with Crippen LogP contribution in [0.3, 0.4) is 0 Å². The van der Waals surface area contributed by atoms with Crippen molar-refractivity contribution in [3.63, 3.8) is 0 Å². The van der Waals surface area contributed by atoms with Gasteiger partial charge in [-0.2, -0.15) is 0 Å². The SMILES string of the molecule is C=CC1CCc2cc(C(=O)Cl)ccc21. The van der Waals surface area contributed by atoms with E-state index < -0.39 is 0 Å². The average Bonchev–Trinajstić information content (AvgIpc) is 2.59. The maximum Gasteiger partial charge on any atom is 0.252 e. The van der Waals surface area contributed by atoms with Gasteiger partial charge in [0, 0.05) is 11.5 Å². The van der Waals surface area contributed by atoms with Crippen LogP contribution in [0.15, 0.2) is 30.9 Å². The van der Waals surface area contributed by atoms with Crippen molar-refractivity contribution in [1.29, 1.82) is 0 Å². The first kappa shape index (κ1) is 9.47. The molecule has 1 aromatic carbocycles. The lowest BCUT2D eigenvalue weighted by Crippen LogP contribution is -1.93. The van der Waals surface area contributed by atoms with Gasteiger partial charge in [-0.15, -0.1) is 6.58 Å². The van der Waals surface area contributed by atoms with Crippen LogP contribution in [0.4, 0.5) is 0 Å². The number of fused-ring (bicyclic) bond motifs is 1. The Morgan fingerprint density at radius 2 is 2.36 bits per heavy atom. The minimum atomic E-state index is -0.380. The summed E-state index contributed by atoms with van der Waals surface area (Å²) in [6.07, 6.45) is 4.08. The van der Waals surface area contributed by atoms with Crippen molar-refractivity contribution in [1.82, 2.24) is 0 Å². The molecule has 1 aliphatic rings. The minimum Gasteiger partial charge on any atom is -0.276 e. The maximum absolute atomic E-state index is 10.9. The maximum atomic E-state index is 10.9. The van der Waals surface area contributed by atoms with Gasteiger partial charge in [-0.1, -0.05) is 12.1 Å². The van der Waals surface area contributed by atoms with E-state index in [1.54, 1.807) is 6.07 Å². The van der Waals surface area contributed by atoms with Crippen molar-refractivity contribution in [2.75, 3.05) is 0 Å². The van der Waals surface area contributed by atoms with Gasteiger partial charge < -0.3 is 0 Å².